The zero-order valence-corrected chi connectivity index (χ0v) is 14.2. The number of benzene rings is 1. The van der Waals surface area contributed by atoms with E-state index in [1.54, 1.807) is 23.7 Å². The van der Waals surface area contributed by atoms with E-state index >= 15 is 0 Å². The van der Waals surface area contributed by atoms with Crippen molar-refractivity contribution in [1.82, 2.24) is 4.90 Å². The lowest BCUT2D eigenvalue weighted by Crippen LogP contribution is -2.38. The number of carbonyl (C=O) groups excluding carboxylic acids is 1. The van der Waals surface area contributed by atoms with Crippen LogP contribution in [0.1, 0.15) is 30.6 Å². The SMILES string of the molecule is CC(C)Sc1ccccc1C(=O)N(C)C1CCS(=O)(=O)C1. The fourth-order valence-corrected chi connectivity index (χ4v) is 5.16. The summed E-state index contributed by atoms with van der Waals surface area (Å²) < 4.78 is 23.1. The number of nitrogens with zero attached hydrogens (tertiary/aromatic N) is 1. The molecule has 0 bridgehead atoms. The minimum atomic E-state index is -2.98. The summed E-state index contributed by atoms with van der Waals surface area (Å²) in [5, 5.41) is 0.385. The molecular weight excluding hydrogens is 306 g/mol. The number of rotatable bonds is 4. The number of carbonyl (C=O) groups is 1. The van der Waals surface area contributed by atoms with Crippen molar-refractivity contribution < 1.29 is 13.2 Å². The Morgan fingerprint density at radius 3 is 2.57 bits per heavy atom. The maximum atomic E-state index is 12.7. The average molecular weight is 327 g/mol. The minimum absolute atomic E-state index is 0.0781. The van der Waals surface area contributed by atoms with Gasteiger partial charge in [-0.1, -0.05) is 26.0 Å². The highest BCUT2D eigenvalue weighted by Gasteiger charge is 2.33. The highest BCUT2D eigenvalue weighted by atomic mass is 32.2. The first-order valence-electron chi connectivity index (χ1n) is 7.03. The molecule has 6 heteroatoms. The smallest absolute Gasteiger partial charge is 0.255 e. The molecule has 4 nitrogen and oxygen atoms in total. The second-order valence-corrected chi connectivity index (χ2v) is 9.48. The first kappa shape index (κ1) is 16.4. The van der Waals surface area contributed by atoms with Crippen molar-refractivity contribution in [2.24, 2.45) is 0 Å². The lowest BCUT2D eigenvalue weighted by Gasteiger charge is -2.24. The fraction of sp³-hybridized carbons (Fsp3) is 0.533. The van der Waals surface area contributed by atoms with Gasteiger partial charge in [-0.3, -0.25) is 4.79 Å². The summed E-state index contributed by atoms with van der Waals surface area (Å²) >= 11 is 1.65. The van der Waals surface area contributed by atoms with Gasteiger partial charge in [-0.2, -0.15) is 0 Å². The van der Waals surface area contributed by atoms with Crippen LogP contribution in [0, 0.1) is 0 Å². The van der Waals surface area contributed by atoms with Gasteiger partial charge in [0.1, 0.15) is 0 Å². The first-order valence-corrected chi connectivity index (χ1v) is 9.73. The van der Waals surface area contributed by atoms with E-state index in [0.29, 0.717) is 17.2 Å². The van der Waals surface area contributed by atoms with Gasteiger partial charge in [0.25, 0.3) is 5.91 Å². The van der Waals surface area contributed by atoms with Crippen LogP contribution in [0.5, 0.6) is 0 Å². The van der Waals surface area contributed by atoms with E-state index in [9.17, 15) is 13.2 Å². The van der Waals surface area contributed by atoms with Gasteiger partial charge < -0.3 is 4.90 Å². The molecular formula is C15H21NO3S2. The Labute approximate surface area is 130 Å². The maximum absolute atomic E-state index is 12.7. The van der Waals surface area contributed by atoms with Crippen LogP contribution in [0.3, 0.4) is 0 Å². The van der Waals surface area contributed by atoms with Gasteiger partial charge in [0.15, 0.2) is 9.84 Å². The molecule has 0 aromatic heterocycles. The monoisotopic (exact) mass is 327 g/mol. The molecule has 2 rings (SSSR count). The zero-order valence-electron chi connectivity index (χ0n) is 12.6. The number of amides is 1. The van der Waals surface area contributed by atoms with Gasteiger partial charge in [-0.05, 0) is 18.6 Å². The van der Waals surface area contributed by atoms with Gasteiger partial charge in [0, 0.05) is 23.2 Å². The predicted molar refractivity (Wildman–Crippen MR) is 86.6 cm³/mol. The molecule has 1 aromatic carbocycles. The molecule has 1 heterocycles. The van der Waals surface area contributed by atoms with Gasteiger partial charge >= 0.3 is 0 Å². The number of hydrogen-bond donors (Lipinski definition) is 0. The Bertz CT molecular complexity index is 626. The number of hydrogen-bond acceptors (Lipinski definition) is 4. The van der Waals surface area contributed by atoms with E-state index in [1.165, 1.54) is 0 Å². The number of thioether (sulfide) groups is 1. The van der Waals surface area contributed by atoms with Crippen LogP contribution in [-0.2, 0) is 9.84 Å². The van der Waals surface area contributed by atoms with Gasteiger partial charge in [0.05, 0.1) is 17.1 Å². The van der Waals surface area contributed by atoms with Crippen molar-refractivity contribution in [3.05, 3.63) is 29.8 Å². The molecule has 0 radical (unpaired) electrons. The third kappa shape index (κ3) is 4.01. The summed E-state index contributed by atoms with van der Waals surface area (Å²) in [5.74, 6) is 0.160. The van der Waals surface area contributed by atoms with Crippen LogP contribution in [0.2, 0.25) is 0 Å². The second-order valence-electron chi connectivity index (χ2n) is 5.64. The van der Waals surface area contributed by atoms with E-state index in [1.807, 2.05) is 24.3 Å². The van der Waals surface area contributed by atoms with Crippen LogP contribution in [0.15, 0.2) is 29.2 Å². The summed E-state index contributed by atoms with van der Waals surface area (Å²) in [6, 6.07) is 7.31. The standard InChI is InChI=1S/C15H21NO3S2/c1-11(2)20-14-7-5-4-6-13(14)15(17)16(3)12-8-9-21(18,19)10-12/h4-7,11-12H,8-10H2,1-3H3. The largest absolute Gasteiger partial charge is 0.338 e. The van der Waals surface area contributed by atoms with E-state index in [2.05, 4.69) is 13.8 Å². The molecule has 1 aliphatic rings. The predicted octanol–water partition coefficient (Wildman–Crippen LogP) is 2.45. The fourth-order valence-electron chi connectivity index (χ4n) is 2.44. The van der Waals surface area contributed by atoms with Crippen LogP contribution < -0.4 is 0 Å². The second kappa shape index (κ2) is 6.40. The summed E-state index contributed by atoms with van der Waals surface area (Å²) in [7, 11) is -1.29. The molecule has 1 aliphatic heterocycles. The van der Waals surface area contributed by atoms with E-state index in [0.717, 1.165) is 4.90 Å². The lowest BCUT2D eigenvalue weighted by atomic mass is 10.1. The third-order valence-electron chi connectivity index (χ3n) is 3.56. The quantitative estimate of drug-likeness (QED) is 0.797. The van der Waals surface area contributed by atoms with Gasteiger partial charge in [-0.25, -0.2) is 8.42 Å². The molecule has 1 fully saturated rings. The highest BCUT2D eigenvalue weighted by molar-refractivity contribution is 8.00. The van der Waals surface area contributed by atoms with Crippen molar-refractivity contribution in [1.29, 1.82) is 0 Å². The Hall–Kier alpha value is -1.01. The summed E-state index contributed by atoms with van der Waals surface area (Å²) in [5.41, 5.74) is 0.656. The summed E-state index contributed by atoms with van der Waals surface area (Å²) in [4.78, 5) is 15.2. The van der Waals surface area contributed by atoms with E-state index < -0.39 is 9.84 Å². The van der Waals surface area contributed by atoms with Crippen LogP contribution in [-0.4, -0.2) is 49.1 Å². The minimum Gasteiger partial charge on any atom is -0.338 e. The normalized spacial score (nSPS) is 20.7. The molecule has 1 atom stereocenters. The first-order chi connectivity index (χ1) is 9.80. The molecule has 0 spiro atoms. The molecule has 116 valence electrons. The number of sulfone groups is 1. The van der Waals surface area contributed by atoms with Crippen molar-refractivity contribution in [3.63, 3.8) is 0 Å². The van der Waals surface area contributed by atoms with Crippen LogP contribution >= 0.6 is 11.8 Å². The Morgan fingerprint density at radius 2 is 2.00 bits per heavy atom. The topological polar surface area (TPSA) is 54.5 Å². The third-order valence-corrected chi connectivity index (χ3v) is 6.39. The van der Waals surface area contributed by atoms with E-state index in [4.69, 9.17) is 0 Å². The highest BCUT2D eigenvalue weighted by Crippen LogP contribution is 2.28. The van der Waals surface area contributed by atoms with Crippen molar-refractivity contribution >= 4 is 27.5 Å². The summed E-state index contributed by atoms with van der Waals surface area (Å²) in [6.45, 7) is 4.17. The summed E-state index contributed by atoms with van der Waals surface area (Å²) in [6.07, 6.45) is 0.532. The molecule has 1 saturated heterocycles. The van der Waals surface area contributed by atoms with Gasteiger partial charge in [0.2, 0.25) is 0 Å². The van der Waals surface area contributed by atoms with Gasteiger partial charge in [-0.15, -0.1) is 11.8 Å². The van der Waals surface area contributed by atoms with Crippen LogP contribution in [0.25, 0.3) is 0 Å². The molecule has 0 aliphatic carbocycles. The maximum Gasteiger partial charge on any atom is 0.255 e. The van der Waals surface area contributed by atoms with Crippen molar-refractivity contribution in [2.45, 2.75) is 36.5 Å². The molecule has 0 saturated carbocycles. The molecule has 0 N–H and O–H groups in total. The molecule has 21 heavy (non-hydrogen) atoms. The Morgan fingerprint density at radius 1 is 1.33 bits per heavy atom. The zero-order chi connectivity index (χ0) is 15.6. The van der Waals surface area contributed by atoms with Crippen molar-refractivity contribution in [3.8, 4) is 0 Å². The Balaban J connectivity index is 2.20. The molecule has 1 amide bonds. The molecule has 1 aromatic rings. The lowest BCUT2D eigenvalue weighted by molar-refractivity contribution is 0.0744. The average Bonchev–Trinajstić information content (AvgIpc) is 2.77. The molecule has 1 unspecified atom stereocenters. The van der Waals surface area contributed by atoms with Crippen molar-refractivity contribution in [2.75, 3.05) is 18.6 Å². The Kier molecular flexibility index (Phi) is 4.99. The van der Waals surface area contributed by atoms with E-state index in [-0.39, 0.29) is 23.5 Å². The van der Waals surface area contributed by atoms with Crippen LogP contribution in [0.4, 0.5) is 0 Å².